The van der Waals surface area contributed by atoms with Crippen LogP contribution in [0, 0.1) is 11.3 Å². The molecule has 0 unspecified atom stereocenters. The highest BCUT2D eigenvalue weighted by molar-refractivity contribution is 5.77. The lowest BCUT2D eigenvalue weighted by atomic mass is 9.94. The van der Waals surface area contributed by atoms with Crippen molar-refractivity contribution in [2.45, 2.75) is 39.0 Å². The van der Waals surface area contributed by atoms with Gasteiger partial charge in [0, 0.05) is 6.42 Å². The highest BCUT2D eigenvalue weighted by Gasteiger charge is 2.11. The maximum atomic E-state index is 11.5. The van der Waals surface area contributed by atoms with Gasteiger partial charge >= 0.3 is 0 Å². The molecule has 0 saturated carbocycles. The Bertz CT molecular complexity index is 429. The monoisotopic (exact) mass is 244 g/mol. The van der Waals surface area contributed by atoms with Gasteiger partial charge in [0.1, 0.15) is 6.54 Å². The van der Waals surface area contributed by atoms with Crippen molar-refractivity contribution in [2.75, 3.05) is 6.54 Å². The molecule has 1 aromatic carbocycles. The van der Waals surface area contributed by atoms with Gasteiger partial charge < -0.3 is 5.32 Å². The SMILES string of the molecule is CC(C)c1ccc([C@@H](C)CC(=O)NCC#N)cc1. The van der Waals surface area contributed by atoms with Gasteiger partial charge in [-0.2, -0.15) is 5.26 Å². The fraction of sp³-hybridized carbons (Fsp3) is 0.467. The second kappa shape index (κ2) is 6.80. The normalized spacial score (nSPS) is 11.9. The lowest BCUT2D eigenvalue weighted by Gasteiger charge is -2.13. The van der Waals surface area contributed by atoms with E-state index >= 15 is 0 Å². The molecule has 3 nitrogen and oxygen atoms in total. The molecule has 0 aromatic heterocycles. The highest BCUT2D eigenvalue weighted by Crippen LogP contribution is 2.22. The lowest BCUT2D eigenvalue weighted by molar-refractivity contribution is -0.121. The minimum atomic E-state index is -0.0722. The number of carbonyl (C=O) groups excluding carboxylic acids is 1. The van der Waals surface area contributed by atoms with Crippen LogP contribution in [-0.4, -0.2) is 12.5 Å². The Labute approximate surface area is 109 Å². The summed E-state index contributed by atoms with van der Waals surface area (Å²) in [6.45, 7) is 6.43. The van der Waals surface area contributed by atoms with Gasteiger partial charge in [0.05, 0.1) is 6.07 Å². The molecule has 0 aliphatic carbocycles. The van der Waals surface area contributed by atoms with Crippen LogP contribution in [0.2, 0.25) is 0 Å². The van der Waals surface area contributed by atoms with Crippen molar-refractivity contribution in [3.8, 4) is 6.07 Å². The maximum absolute atomic E-state index is 11.5. The number of amides is 1. The molecular formula is C15H20N2O. The molecule has 18 heavy (non-hydrogen) atoms. The van der Waals surface area contributed by atoms with Gasteiger partial charge in [-0.1, -0.05) is 45.0 Å². The van der Waals surface area contributed by atoms with Crippen LogP contribution in [0.4, 0.5) is 0 Å². The molecule has 0 aliphatic rings. The number of hydrogen-bond acceptors (Lipinski definition) is 2. The van der Waals surface area contributed by atoms with Crippen molar-refractivity contribution in [2.24, 2.45) is 0 Å². The zero-order valence-electron chi connectivity index (χ0n) is 11.2. The summed E-state index contributed by atoms with van der Waals surface area (Å²) < 4.78 is 0. The van der Waals surface area contributed by atoms with Gasteiger partial charge in [-0.25, -0.2) is 0 Å². The van der Waals surface area contributed by atoms with E-state index in [1.165, 1.54) is 5.56 Å². The van der Waals surface area contributed by atoms with Crippen LogP contribution in [0.15, 0.2) is 24.3 Å². The molecule has 0 saturated heterocycles. The minimum Gasteiger partial charge on any atom is -0.343 e. The van der Waals surface area contributed by atoms with Gasteiger partial charge in [0.15, 0.2) is 0 Å². The molecule has 96 valence electrons. The van der Waals surface area contributed by atoms with Crippen LogP contribution >= 0.6 is 0 Å². The minimum absolute atomic E-state index is 0.0722. The summed E-state index contributed by atoms with van der Waals surface area (Å²) in [6, 6.07) is 10.3. The summed E-state index contributed by atoms with van der Waals surface area (Å²) in [5.74, 6) is 0.621. The fourth-order valence-electron chi connectivity index (χ4n) is 1.82. The van der Waals surface area contributed by atoms with E-state index in [1.807, 2.05) is 13.0 Å². The predicted molar refractivity (Wildman–Crippen MR) is 72.2 cm³/mol. The number of nitrogens with one attached hydrogen (secondary N) is 1. The van der Waals surface area contributed by atoms with Crippen molar-refractivity contribution >= 4 is 5.91 Å². The maximum Gasteiger partial charge on any atom is 0.221 e. The third kappa shape index (κ3) is 4.21. The molecule has 1 atom stereocenters. The summed E-state index contributed by atoms with van der Waals surface area (Å²) in [7, 11) is 0. The first-order valence-corrected chi connectivity index (χ1v) is 6.28. The smallest absolute Gasteiger partial charge is 0.221 e. The van der Waals surface area contributed by atoms with Gasteiger partial charge in [0.25, 0.3) is 0 Å². The number of nitriles is 1. The first-order chi connectivity index (χ1) is 8.54. The van der Waals surface area contributed by atoms with E-state index in [2.05, 4.69) is 43.4 Å². The van der Waals surface area contributed by atoms with E-state index in [4.69, 9.17) is 5.26 Å². The van der Waals surface area contributed by atoms with Crippen LogP contribution < -0.4 is 5.32 Å². The average Bonchev–Trinajstić information content (AvgIpc) is 2.36. The molecule has 1 rings (SSSR count). The highest BCUT2D eigenvalue weighted by atomic mass is 16.1. The number of hydrogen-bond donors (Lipinski definition) is 1. The largest absolute Gasteiger partial charge is 0.343 e. The van der Waals surface area contributed by atoms with E-state index in [1.54, 1.807) is 0 Å². The Hall–Kier alpha value is -1.82. The predicted octanol–water partition coefficient (Wildman–Crippen LogP) is 2.94. The first-order valence-electron chi connectivity index (χ1n) is 6.28. The number of nitrogens with zero attached hydrogens (tertiary/aromatic N) is 1. The summed E-state index contributed by atoms with van der Waals surface area (Å²) in [5, 5.41) is 10.9. The average molecular weight is 244 g/mol. The Morgan fingerprint density at radius 2 is 1.78 bits per heavy atom. The van der Waals surface area contributed by atoms with Gasteiger partial charge in [-0.05, 0) is 23.0 Å². The van der Waals surface area contributed by atoms with Crippen LogP contribution in [-0.2, 0) is 4.79 Å². The van der Waals surface area contributed by atoms with Crippen molar-refractivity contribution in [3.63, 3.8) is 0 Å². The zero-order chi connectivity index (χ0) is 13.5. The standard InChI is InChI=1S/C15H20N2O/c1-11(2)13-4-6-14(7-5-13)12(3)10-15(18)17-9-8-16/h4-7,11-12H,9-10H2,1-3H3,(H,17,18)/t12-/m0/s1. The molecule has 0 radical (unpaired) electrons. The van der Waals surface area contributed by atoms with E-state index in [-0.39, 0.29) is 18.4 Å². The topological polar surface area (TPSA) is 52.9 Å². The van der Waals surface area contributed by atoms with E-state index in [0.717, 1.165) is 5.56 Å². The number of carbonyl (C=O) groups is 1. The summed E-state index contributed by atoms with van der Waals surface area (Å²) >= 11 is 0. The van der Waals surface area contributed by atoms with Crippen LogP contribution in [0.1, 0.15) is 50.2 Å². The molecule has 0 spiro atoms. The molecule has 3 heteroatoms. The van der Waals surface area contributed by atoms with Crippen LogP contribution in [0.5, 0.6) is 0 Å². The van der Waals surface area contributed by atoms with Crippen LogP contribution in [0.25, 0.3) is 0 Å². The van der Waals surface area contributed by atoms with E-state index < -0.39 is 0 Å². The second-order valence-electron chi connectivity index (χ2n) is 4.86. The van der Waals surface area contributed by atoms with E-state index in [0.29, 0.717) is 12.3 Å². The Morgan fingerprint density at radius 3 is 2.28 bits per heavy atom. The molecule has 0 fully saturated rings. The summed E-state index contributed by atoms with van der Waals surface area (Å²) in [6.07, 6.45) is 0.419. The Kier molecular flexibility index (Phi) is 5.38. The Morgan fingerprint density at radius 1 is 1.22 bits per heavy atom. The molecule has 1 amide bonds. The Balaban J connectivity index is 2.59. The van der Waals surface area contributed by atoms with Crippen LogP contribution in [0.3, 0.4) is 0 Å². The molecular weight excluding hydrogens is 224 g/mol. The molecule has 0 bridgehead atoms. The summed E-state index contributed by atoms with van der Waals surface area (Å²) in [4.78, 5) is 11.5. The van der Waals surface area contributed by atoms with Crippen molar-refractivity contribution in [3.05, 3.63) is 35.4 Å². The van der Waals surface area contributed by atoms with Gasteiger partial charge in [-0.3, -0.25) is 4.79 Å². The van der Waals surface area contributed by atoms with Crippen molar-refractivity contribution in [1.82, 2.24) is 5.32 Å². The summed E-state index contributed by atoms with van der Waals surface area (Å²) in [5.41, 5.74) is 2.46. The molecule has 1 aromatic rings. The zero-order valence-corrected chi connectivity index (χ0v) is 11.2. The fourth-order valence-corrected chi connectivity index (χ4v) is 1.82. The van der Waals surface area contributed by atoms with E-state index in [9.17, 15) is 4.79 Å². The third-order valence-electron chi connectivity index (χ3n) is 3.03. The third-order valence-corrected chi connectivity index (χ3v) is 3.03. The second-order valence-corrected chi connectivity index (χ2v) is 4.86. The lowest BCUT2D eigenvalue weighted by Crippen LogP contribution is -2.24. The molecule has 0 aliphatic heterocycles. The van der Waals surface area contributed by atoms with Crippen molar-refractivity contribution < 1.29 is 4.79 Å². The quantitative estimate of drug-likeness (QED) is 0.810. The van der Waals surface area contributed by atoms with Gasteiger partial charge in [0.2, 0.25) is 5.91 Å². The molecule has 1 N–H and O–H groups in total. The number of rotatable bonds is 5. The van der Waals surface area contributed by atoms with Crippen molar-refractivity contribution in [1.29, 1.82) is 5.26 Å². The first kappa shape index (κ1) is 14.2. The van der Waals surface area contributed by atoms with Gasteiger partial charge in [-0.15, -0.1) is 0 Å². The molecule has 0 heterocycles. The number of benzene rings is 1.